The van der Waals surface area contributed by atoms with Crippen LogP contribution in [0.25, 0.3) is 0 Å². The number of fused-ring (bicyclic) bond motifs is 1. The summed E-state index contributed by atoms with van der Waals surface area (Å²) in [5.74, 6) is -0.559. The second-order valence-corrected chi connectivity index (χ2v) is 7.51. The molecule has 9 heteroatoms. The number of rotatable bonds is 5. The van der Waals surface area contributed by atoms with Crippen LogP contribution in [0.2, 0.25) is 0 Å². The molecule has 4 rings (SSSR count). The first kappa shape index (κ1) is 21.1. The van der Waals surface area contributed by atoms with Crippen molar-refractivity contribution in [2.24, 2.45) is 4.99 Å². The summed E-state index contributed by atoms with van der Waals surface area (Å²) in [5.41, 5.74) is 3.59. The van der Waals surface area contributed by atoms with Crippen LogP contribution in [0, 0.1) is 6.92 Å². The van der Waals surface area contributed by atoms with Crippen molar-refractivity contribution in [1.82, 2.24) is 9.80 Å². The number of hydrogen-bond acceptors (Lipinski definition) is 5. The van der Waals surface area contributed by atoms with Crippen molar-refractivity contribution in [1.29, 1.82) is 0 Å². The van der Waals surface area contributed by atoms with Gasteiger partial charge in [0.05, 0.1) is 0 Å². The molecule has 0 spiro atoms. The minimum absolute atomic E-state index is 0.0911. The van der Waals surface area contributed by atoms with Crippen molar-refractivity contribution >= 4 is 35.2 Å². The maximum absolute atomic E-state index is 12.8. The number of urea groups is 1. The van der Waals surface area contributed by atoms with E-state index in [1.807, 2.05) is 31.2 Å². The van der Waals surface area contributed by atoms with Gasteiger partial charge in [-0.3, -0.25) is 14.5 Å². The van der Waals surface area contributed by atoms with E-state index in [9.17, 15) is 14.4 Å². The SMILES string of the molecule is CC(=O)Nc1ccc(NC(=O)C2=COC3=NC(=O)N(Cc4ccccc4C)CCN23)cc1. The fourth-order valence-corrected chi connectivity index (χ4v) is 3.46. The molecular formula is C23H23N5O4. The van der Waals surface area contributed by atoms with E-state index >= 15 is 0 Å². The Hall–Kier alpha value is -4.14. The van der Waals surface area contributed by atoms with Crippen LogP contribution in [0.4, 0.5) is 16.2 Å². The van der Waals surface area contributed by atoms with Crippen LogP contribution in [0.5, 0.6) is 0 Å². The number of aliphatic imine (C=N–C) groups is 1. The first-order chi connectivity index (χ1) is 15.4. The van der Waals surface area contributed by atoms with Crippen molar-refractivity contribution in [2.75, 3.05) is 23.7 Å². The molecule has 0 saturated heterocycles. The third kappa shape index (κ3) is 4.61. The average Bonchev–Trinajstić information content (AvgIpc) is 3.08. The summed E-state index contributed by atoms with van der Waals surface area (Å²) < 4.78 is 5.42. The molecule has 0 fully saturated rings. The molecule has 0 atom stereocenters. The predicted octanol–water partition coefficient (Wildman–Crippen LogP) is 3.06. The monoisotopic (exact) mass is 433 g/mol. The molecule has 2 aliphatic rings. The van der Waals surface area contributed by atoms with Crippen molar-refractivity contribution in [3.8, 4) is 0 Å². The molecule has 2 N–H and O–H groups in total. The Labute approximate surface area is 185 Å². The van der Waals surface area contributed by atoms with E-state index in [0.29, 0.717) is 31.0 Å². The molecule has 0 radical (unpaired) electrons. The molecule has 4 amide bonds. The van der Waals surface area contributed by atoms with E-state index < -0.39 is 6.03 Å². The average molecular weight is 433 g/mol. The number of nitrogens with one attached hydrogen (secondary N) is 2. The van der Waals surface area contributed by atoms with Gasteiger partial charge in [-0.25, -0.2) is 4.79 Å². The quantitative estimate of drug-likeness (QED) is 0.754. The van der Waals surface area contributed by atoms with Crippen LogP contribution in [0.1, 0.15) is 18.1 Å². The maximum atomic E-state index is 12.8. The van der Waals surface area contributed by atoms with Gasteiger partial charge in [-0.05, 0) is 42.3 Å². The first-order valence-corrected chi connectivity index (χ1v) is 10.2. The summed E-state index contributed by atoms with van der Waals surface area (Å²) in [6, 6.07) is 14.3. The van der Waals surface area contributed by atoms with Crippen molar-refractivity contribution < 1.29 is 19.1 Å². The highest BCUT2D eigenvalue weighted by atomic mass is 16.5. The molecule has 2 heterocycles. The second-order valence-electron chi connectivity index (χ2n) is 7.51. The number of anilines is 2. The zero-order valence-corrected chi connectivity index (χ0v) is 17.8. The molecule has 0 aliphatic carbocycles. The Morgan fingerprint density at radius 1 is 1.03 bits per heavy atom. The van der Waals surface area contributed by atoms with E-state index in [-0.39, 0.29) is 23.5 Å². The van der Waals surface area contributed by atoms with Crippen LogP contribution < -0.4 is 10.6 Å². The van der Waals surface area contributed by atoms with Gasteiger partial charge in [0, 0.05) is 37.9 Å². The Bertz CT molecular complexity index is 1120. The highest BCUT2D eigenvalue weighted by Gasteiger charge is 2.33. The lowest BCUT2D eigenvalue weighted by Crippen LogP contribution is -2.36. The van der Waals surface area contributed by atoms with Gasteiger partial charge in [-0.1, -0.05) is 24.3 Å². The highest BCUT2D eigenvalue weighted by Crippen LogP contribution is 2.22. The van der Waals surface area contributed by atoms with Crippen molar-refractivity contribution in [3.05, 3.63) is 71.6 Å². The van der Waals surface area contributed by atoms with Gasteiger partial charge in [0.2, 0.25) is 5.91 Å². The third-order valence-corrected chi connectivity index (χ3v) is 5.17. The minimum Gasteiger partial charge on any atom is -0.431 e. The summed E-state index contributed by atoms with van der Waals surface area (Å²) in [4.78, 5) is 43.9. The normalized spacial score (nSPS) is 15.2. The molecule has 2 aliphatic heterocycles. The molecule has 9 nitrogen and oxygen atoms in total. The van der Waals surface area contributed by atoms with Crippen LogP contribution in [0.15, 0.2) is 65.5 Å². The number of ether oxygens (including phenoxy) is 1. The number of aryl methyl sites for hydroxylation is 1. The summed E-state index contributed by atoms with van der Waals surface area (Å²) >= 11 is 0. The molecule has 0 bridgehead atoms. The summed E-state index contributed by atoms with van der Waals surface area (Å²) in [7, 11) is 0. The lowest BCUT2D eigenvalue weighted by Gasteiger charge is -2.22. The van der Waals surface area contributed by atoms with Gasteiger partial charge in [-0.15, -0.1) is 4.99 Å². The van der Waals surface area contributed by atoms with Crippen LogP contribution in [-0.2, 0) is 20.9 Å². The molecular weight excluding hydrogens is 410 g/mol. The van der Waals surface area contributed by atoms with E-state index in [1.165, 1.54) is 13.2 Å². The van der Waals surface area contributed by atoms with E-state index in [1.54, 1.807) is 34.1 Å². The summed E-state index contributed by atoms with van der Waals surface area (Å²) in [5, 5.41) is 5.46. The molecule has 0 saturated carbocycles. The molecule has 32 heavy (non-hydrogen) atoms. The maximum Gasteiger partial charge on any atom is 0.348 e. The van der Waals surface area contributed by atoms with E-state index in [0.717, 1.165) is 11.1 Å². The van der Waals surface area contributed by atoms with Gasteiger partial charge in [-0.2, -0.15) is 0 Å². The van der Waals surface area contributed by atoms with Gasteiger partial charge in [0.1, 0.15) is 12.0 Å². The lowest BCUT2D eigenvalue weighted by atomic mass is 10.1. The molecule has 0 unspecified atom stereocenters. The fourth-order valence-electron chi connectivity index (χ4n) is 3.46. The van der Waals surface area contributed by atoms with Crippen LogP contribution in [-0.4, -0.2) is 46.8 Å². The number of nitrogens with zero attached hydrogens (tertiary/aromatic N) is 3. The number of carbonyl (C=O) groups excluding carboxylic acids is 3. The number of benzene rings is 2. The number of hydrogen-bond donors (Lipinski definition) is 2. The molecule has 0 aromatic heterocycles. The fraction of sp³-hybridized carbons (Fsp3) is 0.217. The van der Waals surface area contributed by atoms with Gasteiger partial charge in [0.15, 0.2) is 0 Å². The highest BCUT2D eigenvalue weighted by molar-refractivity contribution is 6.08. The zero-order chi connectivity index (χ0) is 22.7. The van der Waals surface area contributed by atoms with Crippen LogP contribution >= 0.6 is 0 Å². The Morgan fingerprint density at radius 2 is 1.72 bits per heavy atom. The molecule has 2 aromatic rings. The number of amidine groups is 1. The Kier molecular flexibility index (Phi) is 5.89. The lowest BCUT2D eigenvalue weighted by molar-refractivity contribution is -0.114. The third-order valence-electron chi connectivity index (χ3n) is 5.17. The summed E-state index contributed by atoms with van der Waals surface area (Å²) in [6.07, 6.45) is 1.30. The van der Waals surface area contributed by atoms with Gasteiger partial charge >= 0.3 is 12.1 Å². The minimum atomic E-state index is -0.408. The van der Waals surface area contributed by atoms with E-state index in [4.69, 9.17) is 4.74 Å². The molecule has 164 valence electrons. The topological polar surface area (TPSA) is 103 Å². The predicted molar refractivity (Wildman–Crippen MR) is 120 cm³/mol. The smallest absolute Gasteiger partial charge is 0.348 e. The molecule has 2 aromatic carbocycles. The van der Waals surface area contributed by atoms with Crippen LogP contribution in [0.3, 0.4) is 0 Å². The second kappa shape index (κ2) is 8.93. The standard InChI is InChI=1S/C23H23N5O4/c1-15-5-3-4-6-17(15)13-27-11-12-28-20(14-32-23(28)26-22(27)31)21(30)25-19-9-7-18(8-10-19)24-16(2)29/h3-10,14H,11-13H2,1-2H3,(H,24,29)(H,25,30). The Balaban J connectivity index is 1.42. The zero-order valence-electron chi connectivity index (χ0n) is 17.8. The van der Waals surface area contributed by atoms with E-state index in [2.05, 4.69) is 15.6 Å². The van der Waals surface area contributed by atoms with Gasteiger partial charge < -0.3 is 20.3 Å². The largest absolute Gasteiger partial charge is 0.431 e. The van der Waals surface area contributed by atoms with Crippen molar-refractivity contribution in [2.45, 2.75) is 20.4 Å². The number of amides is 4. The summed E-state index contributed by atoms with van der Waals surface area (Å²) in [6.45, 7) is 4.62. The van der Waals surface area contributed by atoms with Gasteiger partial charge in [0.25, 0.3) is 5.91 Å². The number of carbonyl (C=O) groups is 3. The Morgan fingerprint density at radius 3 is 2.41 bits per heavy atom. The van der Waals surface area contributed by atoms with Crippen molar-refractivity contribution in [3.63, 3.8) is 0 Å². The first-order valence-electron chi connectivity index (χ1n) is 10.2.